The number of halogens is 1. The van der Waals surface area contributed by atoms with Crippen LogP contribution >= 0.6 is 0 Å². The van der Waals surface area contributed by atoms with Crippen molar-refractivity contribution in [3.05, 3.63) is 57.9 Å². The van der Waals surface area contributed by atoms with Crippen molar-refractivity contribution in [1.29, 1.82) is 0 Å². The first-order valence-electron chi connectivity index (χ1n) is 7.96. The Bertz CT molecular complexity index is 900. The van der Waals surface area contributed by atoms with Gasteiger partial charge in [-0.15, -0.1) is 0 Å². The van der Waals surface area contributed by atoms with E-state index in [-0.39, 0.29) is 0 Å². The molecule has 2 aromatic rings. The van der Waals surface area contributed by atoms with Crippen molar-refractivity contribution in [2.45, 2.75) is 38.4 Å². The number of hydrogen-bond acceptors (Lipinski definition) is 6. The second kappa shape index (κ2) is 6.94. The maximum Gasteiger partial charge on any atom is 0.351 e. The standard InChI is InChI=1S/C17H18FN3O5/c1-8-4-3-5-10(6-8)15(24)19-14-11(18)7-21(17(25)20-14)16-13(23)12(22)9(2)26-16/h3-7,9,12-13,16,22-23H,1-2H3,(H,19,20,24,25)/t9-,12-,13-,16-/m1/s1. The molecule has 8 nitrogen and oxygen atoms in total. The third-order valence-electron chi connectivity index (χ3n) is 4.17. The van der Waals surface area contributed by atoms with Gasteiger partial charge < -0.3 is 20.3 Å². The summed E-state index contributed by atoms with van der Waals surface area (Å²) in [7, 11) is 0. The van der Waals surface area contributed by atoms with E-state index in [0.717, 1.165) is 16.3 Å². The van der Waals surface area contributed by atoms with Gasteiger partial charge in [-0.1, -0.05) is 17.7 Å². The number of amides is 1. The van der Waals surface area contributed by atoms with Crippen molar-refractivity contribution >= 4 is 11.7 Å². The zero-order chi connectivity index (χ0) is 19.0. The zero-order valence-electron chi connectivity index (χ0n) is 14.1. The Balaban J connectivity index is 1.86. The van der Waals surface area contributed by atoms with Gasteiger partial charge in [0.1, 0.15) is 12.2 Å². The van der Waals surface area contributed by atoms with E-state index in [1.54, 1.807) is 31.2 Å². The van der Waals surface area contributed by atoms with E-state index in [0.29, 0.717) is 5.56 Å². The SMILES string of the molecule is Cc1cccc(C(=O)Nc2nc(=O)n([C@@H]3O[C@H](C)[C@@H](O)[C@H]3O)cc2F)c1. The van der Waals surface area contributed by atoms with E-state index in [1.807, 2.05) is 0 Å². The Morgan fingerprint density at radius 1 is 1.35 bits per heavy atom. The van der Waals surface area contributed by atoms with Gasteiger partial charge in [-0.25, -0.2) is 9.18 Å². The molecule has 0 radical (unpaired) electrons. The number of aromatic nitrogens is 2. The lowest BCUT2D eigenvalue weighted by Gasteiger charge is -2.17. The van der Waals surface area contributed by atoms with E-state index in [1.165, 1.54) is 6.92 Å². The first-order chi connectivity index (χ1) is 12.3. The number of rotatable bonds is 3. The van der Waals surface area contributed by atoms with Crippen molar-refractivity contribution < 1.29 is 24.1 Å². The topological polar surface area (TPSA) is 114 Å². The van der Waals surface area contributed by atoms with Crippen LogP contribution in [0, 0.1) is 12.7 Å². The van der Waals surface area contributed by atoms with Crippen LogP contribution in [0.1, 0.15) is 29.1 Å². The maximum atomic E-state index is 14.3. The fourth-order valence-corrected chi connectivity index (χ4v) is 2.74. The molecule has 1 fully saturated rings. The molecule has 0 unspecified atom stereocenters. The highest BCUT2D eigenvalue weighted by Gasteiger charge is 2.42. The Kier molecular flexibility index (Phi) is 4.86. The molecule has 3 rings (SSSR count). The molecule has 0 saturated carbocycles. The van der Waals surface area contributed by atoms with E-state index in [4.69, 9.17) is 4.74 Å². The summed E-state index contributed by atoms with van der Waals surface area (Å²) in [6.07, 6.45) is -3.84. The number of carbonyl (C=O) groups is 1. The van der Waals surface area contributed by atoms with Crippen molar-refractivity contribution in [3.8, 4) is 0 Å². The predicted octanol–water partition coefficient (Wildman–Crippen LogP) is 0.582. The van der Waals surface area contributed by atoms with E-state index in [2.05, 4.69) is 10.3 Å². The van der Waals surface area contributed by atoms with Crippen molar-refractivity contribution in [2.75, 3.05) is 5.32 Å². The number of anilines is 1. The predicted molar refractivity (Wildman–Crippen MR) is 89.2 cm³/mol. The Morgan fingerprint density at radius 3 is 2.69 bits per heavy atom. The molecule has 1 aliphatic rings. The molecule has 0 spiro atoms. The first-order valence-corrected chi connectivity index (χ1v) is 7.96. The molecule has 138 valence electrons. The fourth-order valence-electron chi connectivity index (χ4n) is 2.74. The van der Waals surface area contributed by atoms with Crippen molar-refractivity contribution in [3.63, 3.8) is 0 Å². The zero-order valence-corrected chi connectivity index (χ0v) is 14.1. The minimum atomic E-state index is -1.41. The molecule has 1 saturated heterocycles. The van der Waals surface area contributed by atoms with E-state index >= 15 is 0 Å². The third kappa shape index (κ3) is 3.36. The van der Waals surface area contributed by atoms with Crippen LogP contribution < -0.4 is 11.0 Å². The number of ether oxygens (including phenoxy) is 1. The summed E-state index contributed by atoms with van der Waals surface area (Å²) in [6.45, 7) is 3.32. The number of aliphatic hydroxyl groups excluding tert-OH is 2. The highest BCUT2D eigenvalue weighted by molar-refractivity contribution is 6.03. The monoisotopic (exact) mass is 363 g/mol. The highest BCUT2D eigenvalue weighted by Crippen LogP contribution is 2.28. The summed E-state index contributed by atoms with van der Waals surface area (Å²) in [5, 5.41) is 21.9. The second-order valence-corrected chi connectivity index (χ2v) is 6.16. The molecule has 1 aromatic carbocycles. The lowest BCUT2D eigenvalue weighted by Crippen LogP contribution is -2.36. The van der Waals surface area contributed by atoms with Crippen LogP contribution in [-0.2, 0) is 4.74 Å². The summed E-state index contributed by atoms with van der Waals surface area (Å²) < 4.78 is 20.3. The van der Waals surface area contributed by atoms with Crippen molar-refractivity contribution in [2.24, 2.45) is 0 Å². The number of carbonyl (C=O) groups excluding carboxylic acids is 1. The normalized spacial score (nSPS) is 25.3. The molecule has 3 N–H and O–H groups in total. The van der Waals surface area contributed by atoms with Gasteiger partial charge in [0.2, 0.25) is 0 Å². The van der Waals surface area contributed by atoms with Crippen LogP contribution in [0.5, 0.6) is 0 Å². The maximum absolute atomic E-state index is 14.3. The van der Waals surface area contributed by atoms with Gasteiger partial charge in [0.25, 0.3) is 5.91 Å². The van der Waals surface area contributed by atoms with Gasteiger partial charge in [0, 0.05) is 5.56 Å². The summed E-state index contributed by atoms with van der Waals surface area (Å²) in [4.78, 5) is 27.9. The number of nitrogens with zero attached hydrogens (tertiary/aromatic N) is 2. The molecule has 4 atom stereocenters. The smallest absolute Gasteiger partial charge is 0.351 e. The van der Waals surface area contributed by atoms with Gasteiger partial charge in [0.15, 0.2) is 17.9 Å². The highest BCUT2D eigenvalue weighted by atomic mass is 19.1. The lowest BCUT2D eigenvalue weighted by molar-refractivity contribution is -0.0355. The Hall–Kier alpha value is -2.62. The van der Waals surface area contributed by atoms with Gasteiger partial charge >= 0.3 is 5.69 Å². The Morgan fingerprint density at radius 2 is 2.08 bits per heavy atom. The van der Waals surface area contributed by atoms with E-state index in [9.17, 15) is 24.2 Å². The van der Waals surface area contributed by atoms with Crippen LogP contribution in [0.15, 0.2) is 35.3 Å². The second-order valence-electron chi connectivity index (χ2n) is 6.16. The number of aliphatic hydroxyl groups is 2. The largest absolute Gasteiger partial charge is 0.388 e. The molecule has 0 aliphatic carbocycles. The van der Waals surface area contributed by atoms with Crippen LogP contribution in [0.25, 0.3) is 0 Å². The van der Waals surface area contributed by atoms with Crippen LogP contribution in [-0.4, -0.2) is 44.0 Å². The number of nitrogens with one attached hydrogen (secondary N) is 1. The molecule has 2 heterocycles. The van der Waals surface area contributed by atoms with Gasteiger partial charge in [-0.2, -0.15) is 4.98 Å². The minimum Gasteiger partial charge on any atom is -0.388 e. The molecular formula is C17H18FN3O5. The molecule has 9 heteroatoms. The fraction of sp³-hybridized carbons (Fsp3) is 0.353. The van der Waals surface area contributed by atoms with E-state index < -0.39 is 47.8 Å². The van der Waals surface area contributed by atoms with Crippen LogP contribution in [0.2, 0.25) is 0 Å². The average Bonchev–Trinajstić information content (AvgIpc) is 2.85. The quantitative estimate of drug-likeness (QED) is 0.735. The van der Waals surface area contributed by atoms with Crippen LogP contribution in [0.4, 0.5) is 10.2 Å². The summed E-state index contributed by atoms with van der Waals surface area (Å²) in [5.41, 5.74) is 0.208. The summed E-state index contributed by atoms with van der Waals surface area (Å²) >= 11 is 0. The lowest BCUT2D eigenvalue weighted by atomic mass is 10.1. The van der Waals surface area contributed by atoms with Crippen LogP contribution in [0.3, 0.4) is 0 Å². The molecular weight excluding hydrogens is 345 g/mol. The molecule has 1 aliphatic heterocycles. The molecule has 1 aromatic heterocycles. The number of hydrogen-bond donors (Lipinski definition) is 3. The molecule has 1 amide bonds. The van der Waals surface area contributed by atoms with Crippen molar-refractivity contribution in [1.82, 2.24) is 9.55 Å². The van der Waals surface area contributed by atoms with Gasteiger partial charge in [-0.05, 0) is 26.0 Å². The Labute approximate surface area is 147 Å². The summed E-state index contributed by atoms with van der Waals surface area (Å²) in [6, 6.07) is 6.64. The van der Waals surface area contributed by atoms with Gasteiger partial charge in [-0.3, -0.25) is 9.36 Å². The first kappa shape index (κ1) is 18.2. The molecule has 26 heavy (non-hydrogen) atoms. The summed E-state index contributed by atoms with van der Waals surface area (Å²) in [5.74, 6) is -2.12. The number of benzene rings is 1. The average molecular weight is 363 g/mol. The van der Waals surface area contributed by atoms with Gasteiger partial charge in [0.05, 0.1) is 12.3 Å². The minimum absolute atomic E-state index is 0.293. The third-order valence-corrected chi connectivity index (χ3v) is 4.17. The molecule has 0 bridgehead atoms. The number of aryl methyl sites for hydroxylation is 1.